The van der Waals surface area contributed by atoms with Crippen LogP contribution in [0.1, 0.15) is 135 Å². The first-order chi connectivity index (χ1) is 29.7. The molecule has 2 N–H and O–H groups in total. The number of nitrogens with one attached hydrogen (secondary N) is 2. The van der Waals surface area contributed by atoms with Crippen molar-refractivity contribution in [2.24, 2.45) is 0 Å². The van der Waals surface area contributed by atoms with Crippen molar-refractivity contribution >= 4 is 84.2 Å². The van der Waals surface area contributed by atoms with E-state index < -0.39 is 17.8 Å². The minimum Gasteiger partial charge on any atom is -0.307 e. The molecule has 0 saturated carbocycles. The number of urea groups is 1. The van der Waals surface area contributed by atoms with Gasteiger partial charge >= 0.3 is 6.03 Å². The van der Waals surface area contributed by atoms with Gasteiger partial charge in [-0.05, 0) is 92.7 Å². The maximum Gasteiger partial charge on any atom is 0.338 e. The second kappa shape index (κ2) is 15.0. The van der Waals surface area contributed by atoms with Gasteiger partial charge in [-0.1, -0.05) is 120 Å². The summed E-state index contributed by atoms with van der Waals surface area (Å²) in [6, 6.07) is 25.9. The highest BCUT2D eigenvalue weighted by Gasteiger charge is 2.40. The highest BCUT2D eigenvalue weighted by Crippen LogP contribution is 2.47. The molecule has 6 amide bonds. The van der Waals surface area contributed by atoms with Crippen molar-refractivity contribution in [1.82, 2.24) is 15.3 Å². The zero-order valence-electron chi connectivity index (χ0n) is 34.2. The number of imide groups is 2. The van der Waals surface area contributed by atoms with Gasteiger partial charge in [0.15, 0.2) is 5.78 Å². The van der Waals surface area contributed by atoms with Gasteiger partial charge in [0.1, 0.15) is 0 Å². The number of unbranched alkanes of at least 4 members (excludes halogenated alkanes) is 6. The van der Waals surface area contributed by atoms with Crippen molar-refractivity contribution in [2.45, 2.75) is 84.1 Å². The summed E-state index contributed by atoms with van der Waals surface area (Å²) in [5, 5.41) is 9.23. The van der Waals surface area contributed by atoms with E-state index in [1.807, 2.05) is 48.5 Å². The van der Waals surface area contributed by atoms with Gasteiger partial charge < -0.3 is 5.32 Å². The van der Waals surface area contributed by atoms with Crippen LogP contribution in [0, 0.1) is 0 Å². The summed E-state index contributed by atoms with van der Waals surface area (Å²) in [6.07, 6.45) is 10.1. The monoisotopic (exact) mass is 808 g/mol. The van der Waals surface area contributed by atoms with Crippen molar-refractivity contribution < 1.29 is 28.8 Å². The standard InChI is InChI=1S/C51H44N4O6/c1-3-5-7-9-13-29(14-10-8-6-4-2)54-47(57)37-23-19-32-34-21-25-39-45-40(26-22-35(43(34)45)33-20-24-38(48(54)58)44(37)42(32)33)50(60)55(49(39)59)53-51(61)52-28-17-18-31-30-15-11-12-16-36(30)46(56)41(31)27-28/h11-12,15-27,29H,3-10,13-14H2,1-2H3,(H2,52,53,61). The smallest absolute Gasteiger partial charge is 0.307 e. The zero-order valence-corrected chi connectivity index (χ0v) is 34.2. The Hall–Kier alpha value is -6.94. The van der Waals surface area contributed by atoms with Crippen LogP contribution in [0.3, 0.4) is 0 Å². The highest BCUT2D eigenvalue weighted by atomic mass is 16.2. The average Bonchev–Trinajstić information content (AvgIpc) is 3.55. The van der Waals surface area contributed by atoms with Gasteiger partial charge in [-0.2, -0.15) is 5.01 Å². The molecule has 0 spiro atoms. The molecule has 10 nitrogen and oxygen atoms in total. The van der Waals surface area contributed by atoms with Gasteiger partial charge in [0.2, 0.25) is 0 Å². The third kappa shape index (κ3) is 5.90. The molecular weight excluding hydrogens is 765 g/mol. The van der Waals surface area contributed by atoms with Gasteiger partial charge in [-0.25, -0.2) is 10.2 Å². The molecule has 3 aliphatic rings. The van der Waals surface area contributed by atoms with Crippen molar-refractivity contribution in [1.29, 1.82) is 0 Å². The van der Waals surface area contributed by atoms with E-state index in [1.54, 1.807) is 47.4 Å². The summed E-state index contributed by atoms with van der Waals surface area (Å²) in [6.45, 7) is 4.35. The Morgan fingerprint density at radius 3 is 1.46 bits per heavy atom. The Bertz CT molecular complexity index is 2930. The zero-order chi connectivity index (χ0) is 42.1. The number of ketones is 1. The quantitative estimate of drug-likeness (QED) is 0.0516. The largest absolute Gasteiger partial charge is 0.338 e. The molecule has 61 heavy (non-hydrogen) atoms. The molecule has 1 aliphatic carbocycles. The lowest BCUT2D eigenvalue weighted by Crippen LogP contribution is -2.52. The van der Waals surface area contributed by atoms with E-state index >= 15 is 0 Å². The lowest BCUT2D eigenvalue weighted by molar-refractivity contribution is 0.0511. The lowest BCUT2D eigenvalue weighted by Gasteiger charge is -2.35. The molecule has 2 heterocycles. The third-order valence-electron chi connectivity index (χ3n) is 13.0. The highest BCUT2D eigenvalue weighted by molar-refractivity contribution is 6.41. The minimum atomic E-state index is -0.825. The topological polar surface area (TPSA) is 133 Å². The summed E-state index contributed by atoms with van der Waals surface area (Å²) in [4.78, 5) is 85.2. The van der Waals surface area contributed by atoms with Crippen LogP contribution in [0.2, 0.25) is 0 Å². The Morgan fingerprint density at radius 2 is 0.951 bits per heavy atom. The normalized spacial score (nSPS) is 14.4. The number of amides is 6. The molecule has 10 heteroatoms. The van der Waals surface area contributed by atoms with Gasteiger partial charge in [0.25, 0.3) is 23.6 Å². The number of rotatable bonds is 13. The summed E-state index contributed by atoms with van der Waals surface area (Å²) >= 11 is 0. The molecule has 7 aromatic carbocycles. The average molecular weight is 809 g/mol. The van der Waals surface area contributed by atoms with E-state index in [4.69, 9.17) is 0 Å². The van der Waals surface area contributed by atoms with Crippen molar-refractivity contribution in [3.05, 3.63) is 124 Å². The number of fused-ring (bicyclic) bond motifs is 5. The summed E-state index contributed by atoms with van der Waals surface area (Å²) in [5.41, 5.74) is 6.93. The second-order valence-electron chi connectivity index (χ2n) is 16.6. The Balaban J connectivity index is 0.977. The number of carbonyl (C=O) groups is 6. The van der Waals surface area contributed by atoms with Crippen LogP contribution in [-0.4, -0.2) is 51.4 Å². The van der Waals surface area contributed by atoms with Gasteiger partial charge in [0.05, 0.1) is 11.1 Å². The van der Waals surface area contributed by atoms with Crippen LogP contribution >= 0.6 is 0 Å². The molecule has 0 aromatic heterocycles. The van der Waals surface area contributed by atoms with E-state index in [1.165, 1.54) is 0 Å². The van der Waals surface area contributed by atoms with Gasteiger partial charge in [-0.3, -0.25) is 28.9 Å². The molecule has 0 unspecified atom stereocenters. The first kappa shape index (κ1) is 38.3. The Kier molecular flexibility index (Phi) is 9.38. The van der Waals surface area contributed by atoms with Crippen LogP contribution < -0.4 is 10.7 Å². The molecule has 304 valence electrons. The number of anilines is 1. The fourth-order valence-corrected chi connectivity index (χ4v) is 10.1. The Labute approximate surface area is 352 Å². The van der Waals surface area contributed by atoms with E-state index in [-0.39, 0.29) is 34.8 Å². The molecule has 0 atom stereocenters. The molecule has 0 bridgehead atoms. The molecule has 0 radical (unpaired) electrons. The maximum atomic E-state index is 14.5. The first-order valence-electron chi connectivity index (χ1n) is 21.5. The van der Waals surface area contributed by atoms with Crippen LogP contribution in [0.4, 0.5) is 10.5 Å². The lowest BCUT2D eigenvalue weighted by atomic mass is 9.82. The Morgan fingerprint density at radius 1 is 0.492 bits per heavy atom. The molecule has 0 fully saturated rings. The van der Waals surface area contributed by atoms with Crippen molar-refractivity contribution in [3.63, 3.8) is 0 Å². The van der Waals surface area contributed by atoms with E-state index in [9.17, 15) is 28.8 Å². The van der Waals surface area contributed by atoms with Crippen LogP contribution in [-0.2, 0) is 0 Å². The van der Waals surface area contributed by atoms with Crippen LogP contribution in [0.5, 0.6) is 0 Å². The predicted octanol–water partition coefficient (Wildman–Crippen LogP) is 11.2. The van der Waals surface area contributed by atoms with Gasteiger partial charge in [0, 0.05) is 44.8 Å². The number of carbonyl (C=O) groups excluding carboxylic acids is 6. The van der Waals surface area contributed by atoms with Crippen molar-refractivity contribution in [3.8, 4) is 11.1 Å². The minimum absolute atomic E-state index is 0.144. The van der Waals surface area contributed by atoms with E-state index in [0.717, 1.165) is 113 Å². The summed E-state index contributed by atoms with van der Waals surface area (Å²) in [7, 11) is 0. The fraction of sp³-hybridized carbons (Fsp3) is 0.255. The number of benzene rings is 7. The SMILES string of the molecule is CCCCCCC(CCCCCC)N1C(=O)c2ccc3c4ccc5c6c(ccc(c7ccc(c2c37)C1=O)c64)C(=O)N(NC(=O)Nc1ccc2c(c1)C(=O)c1ccccc1-2)C5=O. The number of hydrazine groups is 1. The summed E-state index contributed by atoms with van der Waals surface area (Å²) < 4.78 is 0. The van der Waals surface area contributed by atoms with Crippen LogP contribution in [0.25, 0.3) is 54.2 Å². The predicted molar refractivity (Wildman–Crippen MR) is 237 cm³/mol. The van der Waals surface area contributed by atoms with E-state index in [0.29, 0.717) is 38.7 Å². The van der Waals surface area contributed by atoms with Crippen molar-refractivity contribution in [2.75, 3.05) is 5.32 Å². The molecule has 10 rings (SSSR count). The van der Waals surface area contributed by atoms with Crippen LogP contribution in [0.15, 0.2) is 91.0 Å². The molecular formula is C51H44N4O6. The second-order valence-corrected chi connectivity index (χ2v) is 16.6. The molecule has 7 aromatic rings. The maximum absolute atomic E-state index is 14.5. The third-order valence-corrected chi connectivity index (χ3v) is 13.0. The number of hydrogen-bond acceptors (Lipinski definition) is 6. The van der Waals surface area contributed by atoms with Gasteiger partial charge in [-0.15, -0.1) is 0 Å². The number of hydrogen-bond donors (Lipinski definition) is 2. The summed E-state index contributed by atoms with van der Waals surface area (Å²) in [5.74, 6) is -2.04. The number of nitrogens with zero attached hydrogens (tertiary/aromatic N) is 2. The first-order valence-corrected chi connectivity index (χ1v) is 21.5. The molecule has 0 saturated heterocycles. The fourth-order valence-electron chi connectivity index (χ4n) is 10.1. The van der Waals surface area contributed by atoms with E-state index in [2.05, 4.69) is 24.6 Å². The molecule has 2 aliphatic heterocycles.